The number of hydrogen-bond acceptors (Lipinski definition) is 2. The third-order valence-corrected chi connectivity index (χ3v) is 3.20. The summed E-state index contributed by atoms with van der Waals surface area (Å²) in [5.74, 6) is 4.27. The third kappa shape index (κ3) is 2.09. The van der Waals surface area contributed by atoms with Crippen molar-refractivity contribution >= 4 is 0 Å². The molecule has 1 aliphatic heterocycles. The summed E-state index contributed by atoms with van der Waals surface area (Å²) in [5.41, 5.74) is 2.03. The van der Waals surface area contributed by atoms with Crippen LogP contribution in [0.25, 0.3) is 0 Å². The first-order valence-electron chi connectivity index (χ1n) is 6.27. The Morgan fingerprint density at radius 1 is 1.05 bits per heavy atom. The summed E-state index contributed by atoms with van der Waals surface area (Å²) in [6.45, 7) is 1.88. The van der Waals surface area contributed by atoms with Gasteiger partial charge >= 0.3 is 0 Å². The Kier molecular flexibility index (Phi) is 2.98. The molecule has 1 aliphatic rings. The quantitative estimate of drug-likeness (QED) is 0.752. The van der Waals surface area contributed by atoms with Crippen LogP contribution in [0.4, 0.5) is 0 Å². The molecule has 0 N–H and O–H groups in total. The topological polar surface area (TPSA) is 18.5 Å². The van der Waals surface area contributed by atoms with Gasteiger partial charge in [-0.25, -0.2) is 0 Å². The van der Waals surface area contributed by atoms with Crippen LogP contribution in [0, 0.1) is 12.3 Å². The summed E-state index contributed by atoms with van der Waals surface area (Å²) in [6.07, 6.45) is 5.00. The van der Waals surface area contributed by atoms with E-state index in [1.807, 2.05) is 55.5 Å². The summed E-state index contributed by atoms with van der Waals surface area (Å²) in [6, 6.07) is 15.8. The number of terminal acetylenes is 1. The molecule has 0 saturated carbocycles. The van der Waals surface area contributed by atoms with Crippen LogP contribution in [0.15, 0.2) is 48.5 Å². The lowest BCUT2D eigenvalue weighted by molar-refractivity contribution is 0.0463. The van der Waals surface area contributed by atoms with Gasteiger partial charge in [0.25, 0.3) is 0 Å². The van der Waals surface area contributed by atoms with E-state index in [-0.39, 0.29) is 12.2 Å². The van der Waals surface area contributed by atoms with E-state index in [2.05, 4.69) is 5.92 Å². The molecule has 1 unspecified atom stereocenters. The Labute approximate surface area is 113 Å². The van der Waals surface area contributed by atoms with Gasteiger partial charge in [-0.2, -0.15) is 0 Å². The zero-order valence-electron chi connectivity index (χ0n) is 10.7. The lowest BCUT2D eigenvalue weighted by Crippen LogP contribution is -2.17. The highest BCUT2D eigenvalue weighted by atomic mass is 16.5. The first-order chi connectivity index (χ1) is 9.29. The SMILES string of the molecule is C#CC(C)OC1c2ccccc2Oc2ccccc21. The number of fused-ring (bicyclic) bond motifs is 2. The second-order valence-electron chi connectivity index (χ2n) is 4.50. The summed E-state index contributed by atoms with van der Waals surface area (Å²) < 4.78 is 11.9. The molecule has 0 radical (unpaired) electrons. The van der Waals surface area contributed by atoms with Crippen LogP contribution in [0.3, 0.4) is 0 Å². The molecule has 2 heteroatoms. The van der Waals surface area contributed by atoms with Gasteiger partial charge in [-0.05, 0) is 19.1 Å². The zero-order chi connectivity index (χ0) is 13.2. The molecule has 2 nitrogen and oxygen atoms in total. The maximum Gasteiger partial charge on any atom is 0.133 e. The minimum atomic E-state index is -0.246. The molecule has 19 heavy (non-hydrogen) atoms. The van der Waals surface area contributed by atoms with Crippen LogP contribution < -0.4 is 4.74 Å². The van der Waals surface area contributed by atoms with Crippen LogP contribution in [-0.2, 0) is 4.74 Å². The van der Waals surface area contributed by atoms with E-state index >= 15 is 0 Å². The molecule has 1 atom stereocenters. The van der Waals surface area contributed by atoms with Crippen molar-refractivity contribution in [3.63, 3.8) is 0 Å². The average molecular weight is 250 g/mol. The fourth-order valence-electron chi connectivity index (χ4n) is 2.26. The first kappa shape index (κ1) is 11.8. The molecule has 94 valence electrons. The predicted molar refractivity (Wildman–Crippen MR) is 74.2 cm³/mol. The van der Waals surface area contributed by atoms with Crippen molar-refractivity contribution in [3.8, 4) is 23.8 Å². The second-order valence-corrected chi connectivity index (χ2v) is 4.50. The maximum absolute atomic E-state index is 5.98. The normalized spacial score (nSPS) is 14.7. The lowest BCUT2D eigenvalue weighted by Gasteiger charge is -2.29. The van der Waals surface area contributed by atoms with Gasteiger partial charge in [0.05, 0.1) is 0 Å². The molecule has 0 spiro atoms. The molecule has 0 aromatic heterocycles. The van der Waals surface area contributed by atoms with Gasteiger partial charge in [-0.3, -0.25) is 0 Å². The summed E-state index contributed by atoms with van der Waals surface area (Å²) in [4.78, 5) is 0. The van der Waals surface area contributed by atoms with Gasteiger partial charge in [-0.15, -0.1) is 6.42 Å². The molecular weight excluding hydrogens is 236 g/mol. The van der Waals surface area contributed by atoms with Crippen molar-refractivity contribution in [2.24, 2.45) is 0 Å². The van der Waals surface area contributed by atoms with Crippen molar-refractivity contribution in [2.75, 3.05) is 0 Å². The van der Waals surface area contributed by atoms with Crippen LogP contribution in [0.1, 0.15) is 24.2 Å². The average Bonchev–Trinajstić information content (AvgIpc) is 2.46. The monoisotopic (exact) mass is 250 g/mol. The Balaban J connectivity index is 2.09. The van der Waals surface area contributed by atoms with Crippen molar-refractivity contribution in [1.82, 2.24) is 0 Å². The van der Waals surface area contributed by atoms with E-state index in [1.165, 1.54) is 0 Å². The molecule has 1 heterocycles. The van der Waals surface area contributed by atoms with Crippen molar-refractivity contribution in [1.29, 1.82) is 0 Å². The van der Waals surface area contributed by atoms with E-state index in [1.54, 1.807) is 0 Å². The van der Waals surface area contributed by atoms with Crippen molar-refractivity contribution in [3.05, 3.63) is 59.7 Å². The third-order valence-electron chi connectivity index (χ3n) is 3.20. The highest BCUT2D eigenvalue weighted by Crippen LogP contribution is 2.44. The highest BCUT2D eigenvalue weighted by Gasteiger charge is 2.28. The molecule has 2 aromatic carbocycles. The molecule has 0 aliphatic carbocycles. The Morgan fingerprint density at radius 2 is 1.58 bits per heavy atom. The Hall–Kier alpha value is -2.24. The van der Waals surface area contributed by atoms with E-state index in [0.29, 0.717) is 0 Å². The van der Waals surface area contributed by atoms with Gasteiger partial charge in [0, 0.05) is 11.1 Å². The van der Waals surface area contributed by atoms with E-state index < -0.39 is 0 Å². The fraction of sp³-hybridized carbons (Fsp3) is 0.176. The van der Waals surface area contributed by atoms with E-state index in [9.17, 15) is 0 Å². The molecule has 0 amide bonds. The Morgan fingerprint density at radius 3 is 2.11 bits per heavy atom. The minimum absolute atomic E-state index is 0.174. The molecule has 3 rings (SSSR count). The number of para-hydroxylation sites is 2. The van der Waals surface area contributed by atoms with Gasteiger partial charge in [0.1, 0.15) is 23.7 Å². The first-order valence-corrected chi connectivity index (χ1v) is 6.27. The van der Waals surface area contributed by atoms with Crippen molar-refractivity contribution in [2.45, 2.75) is 19.1 Å². The number of rotatable bonds is 2. The van der Waals surface area contributed by atoms with E-state index in [4.69, 9.17) is 15.9 Å². The molecule has 0 fully saturated rings. The van der Waals surface area contributed by atoms with Crippen LogP contribution >= 0.6 is 0 Å². The zero-order valence-corrected chi connectivity index (χ0v) is 10.7. The number of hydrogen-bond donors (Lipinski definition) is 0. The molecular formula is C17H14O2. The van der Waals surface area contributed by atoms with Gasteiger partial charge in [0.2, 0.25) is 0 Å². The second kappa shape index (κ2) is 4.79. The molecule has 0 bridgehead atoms. The maximum atomic E-state index is 5.98. The summed E-state index contributed by atoms with van der Waals surface area (Å²) in [5, 5.41) is 0. The lowest BCUT2D eigenvalue weighted by atomic mass is 9.97. The summed E-state index contributed by atoms with van der Waals surface area (Å²) >= 11 is 0. The number of ether oxygens (including phenoxy) is 2. The van der Waals surface area contributed by atoms with Gasteiger partial charge in [0.15, 0.2) is 0 Å². The fourth-order valence-corrected chi connectivity index (χ4v) is 2.26. The largest absolute Gasteiger partial charge is 0.457 e. The van der Waals surface area contributed by atoms with E-state index in [0.717, 1.165) is 22.6 Å². The van der Waals surface area contributed by atoms with Crippen LogP contribution in [0.5, 0.6) is 11.5 Å². The minimum Gasteiger partial charge on any atom is -0.457 e. The highest BCUT2D eigenvalue weighted by molar-refractivity contribution is 5.52. The molecule has 0 saturated heterocycles. The Bertz CT molecular complexity index is 594. The van der Waals surface area contributed by atoms with Gasteiger partial charge < -0.3 is 9.47 Å². The van der Waals surface area contributed by atoms with Gasteiger partial charge in [-0.1, -0.05) is 42.3 Å². The van der Waals surface area contributed by atoms with Crippen molar-refractivity contribution < 1.29 is 9.47 Å². The number of benzene rings is 2. The van der Waals surface area contributed by atoms with Crippen LogP contribution in [-0.4, -0.2) is 6.10 Å². The van der Waals surface area contributed by atoms with Crippen LogP contribution in [0.2, 0.25) is 0 Å². The standard InChI is InChI=1S/C17H14O2/c1-3-12(2)18-17-13-8-4-6-10-15(13)19-16-11-7-5-9-14(16)17/h1,4-12,17H,2H3. The summed E-state index contributed by atoms with van der Waals surface area (Å²) in [7, 11) is 0. The smallest absolute Gasteiger partial charge is 0.133 e. The predicted octanol–water partition coefficient (Wildman–Crippen LogP) is 3.92. The molecule has 2 aromatic rings.